The predicted molar refractivity (Wildman–Crippen MR) is 121 cm³/mol. The first-order valence-electron chi connectivity index (χ1n) is 9.40. The zero-order chi connectivity index (χ0) is 20.9. The molecule has 0 fully saturated rings. The summed E-state index contributed by atoms with van der Waals surface area (Å²) in [6.45, 7) is 0.395. The Bertz CT molecular complexity index is 1200. The second kappa shape index (κ2) is 9.00. The van der Waals surface area contributed by atoms with E-state index in [1.54, 1.807) is 0 Å². The molecule has 0 bridgehead atoms. The second-order valence-corrected chi connectivity index (χ2v) is 7.57. The molecular formula is C23H18BrFN4O. The number of para-hydroxylation sites is 1. The SMILES string of the molecule is O=C(CCNc1nc(-c2cccc(Br)c2)nc2ccccc12)Nc1ccc(F)cc1. The number of nitrogens with zero attached hydrogens (tertiary/aromatic N) is 2. The second-order valence-electron chi connectivity index (χ2n) is 6.66. The Morgan fingerprint density at radius 2 is 1.77 bits per heavy atom. The third-order valence-corrected chi connectivity index (χ3v) is 4.95. The van der Waals surface area contributed by atoms with E-state index in [-0.39, 0.29) is 18.1 Å². The van der Waals surface area contributed by atoms with Crippen molar-refractivity contribution in [2.24, 2.45) is 0 Å². The molecule has 1 aromatic heterocycles. The number of fused-ring (bicyclic) bond motifs is 1. The first-order chi connectivity index (χ1) is 14.6. The molecule has 1 heterocycles. The molecule has 5 nitrogen and oxygen atoms in total. The third kappa shape index (κ3) is 4.80. The lowest BCUT2D eigenvalue weighted by molar-refractivity contribution is -0.115. The zero-order valence-corrected chi connectivity index (χ0v) is 17.5. The van der Waals surface area contributed by atoms with E-state index >= 15 is 0 Å². The van der Waals surface area contributed by atoms with Crippen molar-refractivity contribution in [1.29, 1.82) is 0 Å². The van der Waals surface area contributed by atoms with Crippen LogP contribution >= 0.6 is 15.9 Å². The standard InChI is InChI=1S/C23H18BrFN4O/c24-16-5-3-4-15(14-16)22-28-20-7-2-1-6-19(20)23(29-22)26-13-12-21(30)27-18-10-8-17(25)9-11-18/h1-11,14H,12-13H2,(H,27,30)(H,26,28,29). The molecule has 0 unspecified atom stereocenters. The smallest absolute Gasteiger partial charge is 0.226 e. The largest absolute Gasteiger partial charge is 0.369 e. The highest BCUT2D eigenvalue weighted by Crippen LogP contribution is 2.26. The molecular weight excluding hydrogens is 447 g/mol. The summed E-state index contributed by atoms with van der Waals surface area (Å²) in [7, 11) is 0. The number of benzene rings is 3. The van der Waals surface area contributed by atoms with Crippen molar-refractivity contribution in [1.82, 2.24) is 9.97 Å². The summed E-state index contributed by atoms with van der Waals surface area (Å²) >= 11 is 3.48. The van der Waals surface area contributed by atoms with Crippen LogP contribution in [0, 0.1) is 5.82 Å². The van der Waals surface area contributed by atoms with E-state index in [1.807, 2.05) is 48.5 Å². The lowest BCUT2D eigenvalue weighted by atomic mass is 10.2. The van der Waals surface area contributed by atoms with Crippen LogP contribution in [0.25, 0.3) is 22.3 Å². The molecule has 1 amide bonds. The van der Waals surface area contributed by atoms with E-state index in [9.17, 15) is 9.18 Å². The van der Waals surface area contributed by atoms with E-state index in [1.165, 1.54) is 24.3 Å². The van der Waals surface area contributed by atoms with Gasteiger partial charge in [0, 0.05) is 34.1 Å². The Labute approximate surface area is 181 Å². The molecule has 0 aliphatic rings. The molecule has 4 aromatic rings. The number of hydrogen-bond donors (Lipinski definition) is 2. The quantitative estimate of drug-likeness (QED) is 0.387. The summed E-state index contributed by atoms with van der Waals surface area (Å²) in [6.07, 6.45) is 0.238. The third-order valence-electron chi connectivity index (χ3n) is 4.46. The number of amides is 1. The normalized spacial score (nSPS) is 10.7. The summed E-state index contributed by atoms with van der Waals surface area (Å²) in [5.74, 6) is 0.768. The number of halogens is 2. The molecule has 7 heteroatoms. The van der Waals surface area contributed by atoms with Crippen molar-refractivity contribution in [2.75, 3.05) is 17.2 Å². The Balaban J connectivity index is 1.50. The molecule has 150 valence electrons. The minimum absolute atomic E-state index is 0.167. The molecule has 2 N–H and O–H groups in total. The van der Waals surface area contributed by atoms with Crippen LogP contribution in [-0.2, 0) is 4.79 Å². The number of hydrogen-bond acceptors (Lipinski definition) is 4. The highest BCUT2D eigenvalue weighted by molar-refractivity contribution is 9.10. The zero-order valence-electron chi connectivity index (χ0n) is 15.9. The van der Waals surface area contributed by atoms with Gasteiger partial charge in [0.25, 0.3) is 0 Å². The van der Waals surface area contributed by atoms with E-state index in [2.05, 4.69) is 36.5 Å². The molecule has 30 heavy (non-hydrogen) atoms. The maximum Gasteiger partial charge on any atom is 0.226 e. The number of aromatic nitrogens is 2. The summed E-state index contributed by atoms with van der Waals surface area (Å²) in [6, 6.07) is 21.2. The molecule has 0 spiro atoms. The first-order valence-corrected chi connectivity index (χ1v) is 10.2. The molecule has 0 saturated carbocycles. The average Bonchev–Trinajstić information content (AvgIpc) is 2.75. The van der Waals surface area contributed by atoms with Crippen LogP contribution in [0.5, 0.6) is 0 Å². The highest BCUT2D eigenvalue weighted by Gasteiger charge is 2.10. The van der Waals surface area contributed by atoms with Gasteiger partial charge in [-0.2, -0.15) is 0 Å². The Morgan fingerprint density at radius 3 is 2.57 bits per heavy atom. The summed E-state index contributed by atoms with van der Waals surface area (Å²) < 4.78 is 13.9. The van der Waals surface area contributed by atoms with Gasteiger partial charge in [-0.25, -0.2) is 14.4 Å². The summed E-state index contributed by atoms with van der Waals surface area (Å²) in [5.41, 5.74) is 2.28. The van der Waals surface area contributed by atoms with Crippen molar-refractivity contribution < 1.29 is 9.18 Å². The van der Waals surface area contributed by atoms with Gasteiger partial charge in [0.1, 0.15) is 11.6 Å². The van der Waals surface area contributed by atoms with Crippen LogP contribution in [0.1, 0.15) is 6.42 Å². The van der Waals surface area contributed by atoms with Gasteiger partial charge in [-0.15, -0.1) is 0 Å². The van der Waals surface area contributed by atoms with E-state index in [4.69, 9.17) is 0 Å². The van der Waals surface area contributed by atoms with Gasteiger partial charge in [0.2, 0.25) is 5.91 Å². The number of anilines is 2. The van der Waals surface area contributed by atoms with Crippen molar-refractivity contribution >= 4 is 44.2 Å². The fourth-order valence-electron chi connectivity index (χ4n) is 3.02. The van der Waals surface area contributed by atoms with Crippen LogP contribution in [0.2, 0.25) is 0 Å². The van der Waals surface area contributed by atoms with Crippen LogP contribution in [0.15, 0.2) is 77.3 Å². The van der Waals surface area contributed by atoms with Crippen molar-refractivity contribution in [3.63, 3.8) is 0 Å². The predicted octanol–water partition coefficient (Wildman–Crippen LogP) is 5.64. The molecule has 0 atom stereocenters. The van der Waals surface area contributed by atoms with E-state index in [0.717, 1.165) is 20.9 Å². The molecule has 0 radical (unpaired) electrons. The average molecular weight is 465 g/mol. The molecule has 3 aromatic carbocycles. The van der Waals surface area contributed by atoms with Crippen LogP contribution in [0.4, 0.5) is 15.9 Å². The lowest BCUT2D eigenvalue weighted by Crippen LogP contribution is -2.17. The lowest BCUT2D eigenvalue weighted by Gasteiger charge is -2.11. The van der Waals surface area contributed by atoms with Crippen LogP contribution < -0.4 is 10.6 Å². The summed E-state index contributed by atoms with van der Waals surface area (Å²) in [5, 5.41) is 6.89. The molecule has 0 aliphatic heterocycles. The van der Waals surface area contributed by atoms with Crippen LogP contribution in [0.3, 0.4) is 0 Å². The van der Waals surface area contributed by atoms with Crippen molar-refractivity contribution in [2.45, 2.75) is 6.42 Å². The fourth-order valence-corrected chi connectivity index (χ4v) is 3.42. The monoisotopic (exact) mass is 464 g/mol. The van der Waals surface area contributed by atoms with Crippen molar-refractivity contribution in [3.8, 4) is 11.4 Å². The Morgan fingerprint density at radius 1 is 0.967 bits per heavy atom. The Hall–Kier alpha value is -3.32. The fraction of sp³-hybridized carbons (Fsp3) is 0.0870. The number of nitrogens with one attached hydrogen (secondary N) is 2. The highest BCUT2D eigenvalue weighted by atomic mass is 79.9. The van der Waals surface area contributed by atoms with Gasteiger partial charge in [0.15, 0.2) is 5.82 Å². The maximum atomic E-state index is 13.0. The van der Waals surface area contributed by atoms with E-state index in [0.29, 0.717) is 23.9 Å². The molecule has 4 rings (SSSR count). The van der Waals surface area contributed by atoms with Gasteiger partial charge < -0.3 is 10.6 Å². The number of rotatable bonds is 6. The number of carbonyl (C=O) groups is 1. The summed E-state index contributed by atoms with van der Waals surface area (Å²) in [4.78, 5) is 21.6. The van der Waals surface area contributed by atoms with Crippen molar-refractivity contribution in [3.05, 3.63) is 83.1 Å². The molecule has 0 aliphatic carbocycles. The van der Waals surface area contributed by atoms with Crippen LogP contribution in [-0.4, -0.2) is 22.4 Å². The van der Waals surface area contributed by atoms with Gasteiger partial charge in [-0.1, -0.05) is 40.2 Å². The van der Waals surface area contributed by atoms with Gasteiger partial charge in [0.05, 0.1) is 5.52 Å². The van der Waals surface area contributed by atoms with E-state index < -0.39 is 0 Å². The van der Waals surface area contributed by atoms with Gasteiger partial charge in [-0.05, 0) is 48.5 Å². The first kappa shape index (κ1) is 20.0. The maximum absolute atomic E-state index is 13.0. The minimum atomic E-state index is -0.341. The molecule has 0 saturated heterocycles. The minimum Gasteiger partial charge on any atom is -0.369 e. The Kier molecular flexibility index (Phi) is 5.99. The van der Waals surface area contributed by atoms with Gasteiger partial charge >= 0.3 is 0 Å². The van der Waals surface area contributed by atoms with Gasteiger partial charge in [-0.3, -0.25) is 4.79 Å². The topological polar surface area (TPSA) is 66.9 Å². The number of carbonyl (C=O) groups excluding carboxylic acids is 1.